The topological polar surface area (TPSA) is 96.2 Å². The lowest BCUT2D eigenvalue weighted by Crippen LogP contribution is -2.44. The number of piperidine rings is 1. The molecule has 2 aromatic heterocycles. The molecule has 31 heavy (non-hydrogen) atoms. The Morgan fingerprint density at radius 1 is 1.39 bits per heavy atom. The van der Waals surface area contributed by atoms with Gasteiger partial charge in [-0.25, -0.2) is 15.0 Å². The van der Waals surface area contributed by atoms with Crippen LogP contribution in [0.4, 0.5) is 5.82 Å². The van der Waals surface area contributed by atoms with Gasteiger partial charge in [-0.1, -0.05) is 6.92 Å². The fraction of sp³-hybridized carbons (Fsp3) is 0.636. The van der Waals surface area contributed by atoms with Crippen molar-refractivity contribution < 1.29 is 9.90 Å². The van der Waals surface area contributed by atoms with Crippen molar-refractivity contribution in [2.75, 3.05) is 30.0 Å². The van der Waals surface area contributed by atoms with Crippen LogP contribution in [0.3, 0.4) is 0 Å². The molecule has 1 aliphatic heterocycles. The van der Waals surface area contributed by atoms with Crippen LogP contribution in [0, 0.1) is 0 Å². The maximum atomic E-state index is 12.5. The standard InChI is InChI=1S/C22H34N6O2S/c1-17(15-27-11-9-23-16-27)22-24-8-6-20(26-22)28-10-4-3-5-18(28)13-21(30)25-14-19(29)7-12-31-2/h6,8-9,11,16-19,29H,3-5,7,10,12-15H2,1-2H3,(H,25,30). The number of hydrogen-bond acceptors (Lipinski definition) is 7. The lowest BCUT2D eigenvalue weighted by molar-refractivity contribution is -0.122. The molecule has 1 amide bonds. The van der Waals surface area contributed by atoms with Crippen molar-refractivity contribution in [3.63, 3.8) is 0 Å². The Morgan fingerprint density at radius 3 is 3.03 bits per heavy atom. The van der Waals surface area contributed by atoms with Gasteiger partial charge in [0, 0.05) is 56.6 Å². The SMILES string of the molecule is CSCCC(O)CNC(=O)CC1CCCCN1c1ccnc(C(C)Cn2ccnc2)n1. The fourth-order valence-electron chi connectivity index (χ4n) is 3.94. The average Bonchev–Trinajstić information content (AvgIpc) is 3.29. The fourth-order valence-corrected chi connectivity index (χ4v) is 4.45. The molecule has 1 saturated heterocycles. The third-order valence-corrected chi connectivity index (χ3v) is 6.32. The number of nitrogens with one attached hydrogen (secondary N) is 1. The van der Waals surface area contributed by atoms with Crippen molar-refractivity contribution in [2.24, 2.45) is 0 Å². The summed E-state index contributed by atoms with van der Waals surface area (Å²) in [6, 6.07) is 2.05. The third kappa shape index (κ3) is 7.21. The zero-order valence-corrected chi connectivity index (χ0v) is 19.3. The molecule has 0 bridgehead atoms. The van der Waals surface area contributed by atoms with Crippen LogP contribution in [-0.4, -0.2) is 67.8 Å². The smallest absolute Gasteiger partial charge is 0.222 e. The molecule has 2 aromatic rings. The van der Waals surface area contributed by atoms with Crippen LogP contribution in [0.2, 0.25) is 0 Å². The molecule has 0 aromatic carbocycles. The zero-order valence-electron chi connectivity index (χ0n) is 18.5. The third-order valence-electron chi connectivity index (χ3n) is 5.68. The van der Waals surface area contributed by atoms with Gasteiger partial charge < -0.3 is 19.9 Å². The van der Waals surface area contributed by atoms with Gasteiger partial charge in [-0.15, -0.1) is 0 Å². The molecule has 9 heteroatoms. The highest BCUT2D eigenvalue weighted by atomic mass is 32.2. The van der Waals surface area contributed by atoms with Gasteiger partial charge in [0.25, 0.3) is 0 Å². The van der Waals surface area contributed by atoms with Gasteiger partial charge in [0.2, 0.25) is 5.91 Å². The molecule has 1 fully saturated rings. The molecule has 3 heterocycles. The van der Waals surface area contributed by atoms with Gasteiger partial charge in [-0.05, 0) is 43.8 Å². The lowest BCUT2D eigenvalue weighted by Gasteiger charge is -2.36. The maximum absolute atomic E-state index is 12.5. The number of hydrogen-bond donors (Lipinski definition) is 2. The molecule has 3 rings (SSSR count). The molecule has 0 saturated carbocycles. The second-order valence-corrected chi connectivity index (χ2v) is 9.21. The number of rotatable bonds is 11. The molecular weight excluding hydrogens is 412 g/mol. The van der Waals surface area contributed by atoms with E-state index in [1.165, 1.54) is 0 Å². The summed E-state index contributed by atoms with van der Waals surface area (Å²) in [7, 11) is 0. The van der Waals surface area contributed by atoms with Crippen molar-refractivity contribution in [3.05, 3.63) is 36.8 Å². The number of aromatic nitrogens is 4. The molecule has 3 unspecified atom stereocenters. The Labute approximate surface area is 188 Å². The van der Waals surface area contributed by atoms with Gasteiger partial charge in [0.05, 0.1) is 12.4 Å². The van der Waals surface area contributed by atoms with E-state index in [0.29, 0.717) is 19.4 Å². The molecule has 170 valence electrons. The molecule has 1 aliphatic rings. The predicted octanol–water partition coefficient (Wildman–Crippen LogP) is 2.46. The summed E-state index contributed by atoms with van der Waals surface area (Å²) in [5.74, 6) is 2.73. The number of thioether (sulfide) groups is 1. The number of nitrogens with zero attached hydrogens (tertiary/aromatic N) is 5. The molecular formula is C22H34N6O2S. The first-order chi connectivity index (χ1) is 15.1. The Hall–Kier alpha value is -2.13. The van der Waals surface area contributed by atoms with Gasteiger partial charge in [0.15, 0.2) is 0 Å². The number of imidazole rings is 1. The number of carbonyl (C=O) groups is 1. The highest BCUT2D eigenvalue weighted by Gasteiger charge is 2.26. The Balaban J connectivity index is 1.60. The van der Waals surface area contributed by atoms with Crippen LogP contribution in [0.5, 0.6) is 0 Å². The minimum absolute atomic E-state index is 0.0112. The summed E-state index contributed by atoms with van der Waals surface area (Å²) in [5.41, 5.74) is 0. The molecule has 0 radical (unpaired) electrons. The number of carbonyl (C=O) groups excluding carboxylic acids is 1. The van der Waals surface area contributed by atoms with Crippen LogP contribution in [0.25, 0.3) is 0 Å². The Bertz CT molecular complexity index is 803. The van der Waals surface area contributed by atoms with Crippen molar-refractivity contribution >= 4 is 23.5 Å². The minimum Gasteiger partial charge on any atom is -0.391 e. The molecule has 0 spiro atoms. The van der Waals surface area contributed by atoms with Gasteiger partial charge in [0.1, 0.15) is 11.6 Å². The monoisotopic (exact) mass is 446 g/mol. The predicted molar refractivity (Wildman–Crippen MR) is 124 cm³/mol. The summed E-state index contributed by atoms with van der Waals surface area (Å²) in [6.45, 7) is 4.09. The number of amides is 1. The number of anilines is 1. The summed E-state index contributed by atoms with van der Waals surface area (Å²) in [5, 5.41) is 12.9. The quantitative estimate of drug-likeness (QED) is 0.547. The second kappa shape index (κ2) is 12.0. The average molecular weight is 447 g/mol. The molecule has 8 nitrogen and oxygen atoms in total. The van der Waals surface area contributed by atoms with E-state index in [2.05, 4.69) is 27.1 Å². The highest BCUT2D eigenvalue weighted by molar-refractivity contribution is 7.98. The van der Waals surface area contributed by atoms with E-state index in [1.54, 1.807) is 24.3 Å². The highest BCUT2D eigenvalue weighted by Crippen LogP contribution is 2.26. The van der Waals surface area contributed by atoms with Crippen LogP contribution in [-0.2, 0) is 11.3 Å². The van der Waals surface area contributed by atoms with Crippen molar-refractivity contribution in [1.82, 2.24) is 24.8 Å². The summed E-state index contributed by atoms with van der Waals surface area (Å²) < 4.78 is 2.03. The number of aliphatic hydroxyl groups is 1. The minimum atomic E-state index is -0.486. The van der Waals surface area contributed by atoms with E-state index in [1.807, 2.05) is 29.3 Å². The van der Waals surface area contributed by atoms with E-state index in [4.69, 9.17) is 4.98 Å². The maximum Gasteiger partial charge on any atom is 0.222 e. The summed E-state index contributed by atoms with van der Waals surface area (Å²) in [4.78, 5) is 28.2. The van der Waals surface area contributed by atoms with Crippen LogP contribution in [0.1, 0.15) is 50.8 Å². The van der Waals surface area contributed by atoms with Crippen LogP contribution < -0.4 is 10.2 Å². The summed E-state index contributed by atoms with van der Waals surface area (Å²) >= 11 is 1.70. The van der Waals surface area contributed by atoms with Crippen molar-refractivity contribution in [1.29, 1.82) is 0 Å². The van der Waals surface area contributed by atoms with Gasteiger partial charge in [-0.3, -0.25) is 4.79 Å². The van der Waals surface area contributed by atoms with E-state index >= 15 is 0 Å². The number of aliphatic hydroxyl groups excluding tert-OH is 1. The van der Waals surface area contributed by atoms with Crippen molar-refractivity contribution in [2.45, 2.75) is 63.6 Å². The lowest BCUT2D eigenvalue weighted by atomic mass is 9.99. The first-order valence-electron chi connectivity index (χ1n) is 11.1. The van der Waals surface area contributed by atoms with E-state index in [0.717, 1.165) is 49.7 Å². The van der Waals surface area contributed by atoms with Crippen molar-refractivity contribution in [3.8, 4) is 0 Å². The van der Waals surface area contributed by atoms with Crippen LogP contribution in [0.15, 0.2) is 31.0 Å². The van der Waals surface area contributed by atoms with Gasteiger partial charge >= 0.3 is 0 Å². The van der Waals surface area contributed by atoms with E-state index in [-0.39, 0.29) is 17.9 Å². The first-order valence-corrected chi connectivity index (χ1v) is 12.4. The largest absolute Gasteiger partial charge is 0.391 e. The van der Waals surface area contributed by atoms with E-state index in [9.17, 15) is 9.90 Å². The first kappa shape index (κ1) is 23.5. The van der Waals surface area contributed by atoms with Crippen LogP contribution >= 0.6 is 11.8 Å². The zero-order chi connectivity index (χ0) is 22.1. The second-order valence-electron chi connectivity index (χ2n) is 8.22. The molecule has 2 N–H and O–H groups in total. The Kier molecular flexibility index (Phi) is 9.14. The summed E-state index contributed by atoms with van der Waals surface area (Å²) in [6.07, 6.45) is 13.1. The Morgan fingerprint density at radius 2 is 2.26 bits per heavy atom. The molecule has 0 aliphatic carbocycles. The molecule has 3 atom stereocenters. The van der Waals surface area contributed by atoms with Gasteiger partial charge in [-0.2, -0.15) is 11.8 Å². The normalized spacial score (nSPS) is 18.5. The van der Waals surface area contributed by atoms with E-state index < -0.39 is 6.10 Å².